The molecule has 58 valence electrons. The Morgan fingerprint density at radius 1 is 1.70 bits per heavy atom. The lowest BCUT2D eigenvalue weighted by atomic mass is 9.84. The molecule has 1 saturated carbocycles. The summed E-state index contributed by atoms with van der Waals surface area (Å²) >= 11 is 3.66. The molecule has 0 aliphatic heterocycles. The van der Waals surface area contributed by atoms with Gasteiger partial charge in [0.1, 0.15) is 0 Å². The zero-order chi connectivity index (χ0) is 7.56. The van der Waals surface area contributed by atoms with Crippen LogP contribution in [0.15, 0.2) is 12.2 Å². The molecule has 10 heavy (non-hydrogen) atoms. The van der Waals surface area contributed by atoms with E-state index in [1.165, 1.54) is 31.3 Å². The van der Waals surface area contributed by atoms with E-state index < -0.39 is 0 Å². The predicted octanol–water partition coefficient (Wildman–Crippen LogP) is 3.52. The molecule has 1 rings (SSSR count). The first-order valence-electron chi connectivity index (χ1n) is 4.05. The minimum absolute atomic E-state index is 0.753. The maximum Gasteiger partial charge on any atom is 0.0154 e. The summed E-state index contributed by atoms with van der Waals surface area (Å²) in [5.74, 6) is 0.790. The van der Waals surface area contributed by atoms with Crippen molar-refractivity contribution in [1.29, 1.82) is 0 Å². The van der Waals surface area contributed by atoms with Gasteiger partial charge in [0.15, 0.2) is 0 Å². The highest BCUT2D eigenvalue weighted by Crippen LogP contribution is 2.33. The predicted molar refractivity (Wildman–Crippen MR) is 49.5 cm³/mol. The van der Waals surface area contributed by atoms with E-state index in [0.717, 1.165) is 10.7 Å². The molecule has 0 radical (unpaired) electrons. The Balaban J connectivity index is 2.45. The molecule has 0 aromatic carbocycles. The molecule has 1 heteroatoms. The lowest BCUT2D eigenvalue weighted by Crippen LogP contribution is -2.16. The van der Waals surface area contributed by atoms with Crippen molar-refractivity contribution >= 4 is 15.9 Å². The van der Waals surface area contributed by atoms with Gasteiger partial charge >= 0.3 is 0 Å². The topological polar surface area (TPSA) is 0 Å². The van der Waals surface area contributed by atoms with Gasteiger partial charge in [-0.2, -0.15) is 0 Å². The van der Waals surface area contributed by atoms with Gasteiger partial charge in [0.2, 0.25) is 0 Å². The molecule has 2 unspecified atom stereocenters. The molecule has 0 heterocycles. The van der Waals surface area contributed by atoms with Crippen molar-refractivity contribution in [1.82, 2.24) is 0 Å². The van der Waals surface area contributed by atoms with Crippen molar-refractivity contribution in [2.45, 2.75) is 37.4 Å². The number of hydrogen-bond donors (Lipinski definition) is 0. The number of alkyl halides is 1. The molecule has 2 atom stereocenters. The highest BCUT2D eigenvalue weighted by atomic mass is 79.9. The zero-order valence-corrected chi connectivity index (χ0v) is 8.15. The molecule has 0 aromatic heterocycles. The van der Waals surface area contributed by atoms with Crippen LogP contribution in [0.2, 0.25) is 0 Å². The van der Waals surface area contributed by atoms with E-state index in [1.54, 1.807) is 0 Å². The second kappa shape index (κ2) is 3.56. The SMILES string of the molecule is C=C1CCC(Br)CC1CC. The molecule has 0 N–H and O–H groups in total. The van der Waals surface area contributed by atoms with E-state index in [-0.39, 0.29) is 0 Å². The van der Waals surface area contributed by atoms with Crippen LogP contribution in [-0.2, 0) is 0 Å². The van der Waals surface area contributed by atoms with E-state index in [9.17, 15) is 0 Å². The van der Waals surface area contributed by atoms with E-state index in [4.69, 9.17) is 0 Å². The maximum absolute atomic E-state index is 4.08. The van der Waals surface area contributed by atoms with Crippen LogP contribution >= 0.6 is 15.9 Å². The van der Waals surface area contributed by atoms with Gasteiger partial charge in [-0.1, -0.05) is 35.0 Å². The third kappa shape index (κ3) is 1.85. The lowest BCUT2D eigenvalue weighted by Gasteiger charge is -2.26. The first-order chi connectivity index (χ1) is 4.74. The summed E-state index contributed by atoms with van der Waals surface area (Å²) in [5, 5.41) is 0. The molecule has 1 fully saturated rings. The minimum Gasteiger partial charge on any atom is -0.0996 e. The average molecular weight is 203 g/mol. The Kier molecular flexibility index (Phi) is 2.96. The van der Waals surface area contributed by atoms with Crippen LogP contribution in [0.5, 0.6) is 0 Å². The summed E-state index contributed by atoms with van der Waals surface area (Å²) in [6.45, 7) is 6.33. The van der Waals surface area contributed by atoms with Crippen LogP contribution in [-0.4, -0.2) is 4.83 Å². The van der Waals surface area contributed by atoms with Gasteiger partial charge in [-0.15, -0.1) is 0 Å². The van der Waals surface area contributed by atoms with Gasteiger partial charge in [-0.3, -0.25) is 0 Å². The monoisotopic (exact) mass is 202 g/mol. The zero-order valence-electron chi connectivity index (χ0n) is 6.57. The van der Waals surface area contributed by atoms with Crippen molar-refractivity contribution < 1.29 is 0 Å². The Morgan fingerprint density at radius 3 is 2.90 bits per heavy atom. The molecule has 0 spiro atoms. The van der Waals surface area contributed by atoms with Gasteiger partial charge in [-0.05, 0) is 31.6 Å². The fourth-order valence-corrected chi connectivity index (χ4v) is 2.27. The van der Waals surface area contributed by atoms with Crippen molar-refractivity contribution in [3.8, 4) is 0 Å². The quantitative estimate of drug-likeness (QED) is 0.451. The van der Waals surface area contributed by atoms with Gasteiger partial charge in [0.05, 0.1) is 0 Å². The Hall–Kier alpha value is 0.220. The summed E-state index contributed by atoms with van der Waals surface area (Å²) in [4.78, 5) is 0.753. The van der Waals surface area contributed by atoms with Crippen LogP contribution in [0.1, 0.15) is 32.6 Å². The number of hydrogen-bond acceptors (Lipinski definition) is 0. The molecule has 0 amide bonds. The van der Waals surface area contributed by atoms with Crippen molar-refractivity contribution in [2.24, 2.45) is 5.92 Å². The molecule has 0 nitrogen and oxygen atoms in total. The van der Waals surface area contributed by atoms with Crippen LogP contribution in [0.3, 0.4) is 0 Å². The molecular formula is C9H15Br. The van der Waals surface area contributed by atoms with E-state index >= 15 is 0 Å². The van der Waals surface area contributed by atoms with Crippen molar-refractivity contribution in [2.75, 3.05) is 0 Å². The van der Waals surface area contributed by atoms with Crippen LogP contribution in [0.25, 0.3) is 0 Å². The molecule has 1 aliphatic carbocycles. The molecule has 0 bridgehead atoms. The average Bonchev–Trinajstić information content (AvgIpc) is 1.94. The number of halogens is 1. The first kappa shape index (κ1) is 8.32. The number of rotatable bonds is 1. The fraction of sp³-hybridized carbons (Fsp3) is 0.778. The van der Waals surface area contributed by atoms with Gasteiger partial charge in [0.25, 0.3) is 0 Å². The summed E-state index contributed by atoms with van der Waals surface area (Å²) in [7, 11) is 0. The Morgan fingerprint density at radius 2 is 2.40 bits per heavy atom. The Labute approximate surface area is 71.8 Å². The van der Waals surface area contributed by atoms with Crippen LogP contribution in [0.4, 0.5) is 0 Å². The number of allylic oxidation sites excluding steroid dienone is 1. The second-order valence-electron chi connectivity index (χ2n) is 3.14. The largest absolute Gasteiger partial charge is 0.0996 e. The van der Waals surface area contributed by atoms with Crippen LogP contribution < -0.4 is 0 Å². The van der Waals surface area contributed by atoms with E-state index in [0.29, 0.717) is 0 Å². The third-order valence-corrected chi connectivity index (χ3v) is 3.22. The standard InChI is InChI=1S/C9H15Br/c1-3-8-6-9(10)5-4-7(8)2/h8-9H,2-6H2,1H3. The second-order valence-corrected chi connectivity index (χ2v) is 4.43. The van der Waals surface area contributed by atoms with Crippen molar-refractivity contribution in [3.05, 3.63) is 12.2 Å². The van der Waals surface area contributed by atoms with E-state index in [1.807, 2.05) is 0 Å². The fourth-order valence-electron chi connectivity index (χ4n) is 1.59. The molecule has 0 aromatic rings. The summed E-state index contributed by atoms with van der Waals surface area (Å²) in [5.41, 5.74) is 1.47. The summed E-state index contributed by atoms with van der Waals surface area (Å²) in [6.07, 6.45) is 5.08. The molecule has 0 saturated heterocycles. The highest BCUT2D eigenvalue weighted by molar-refractivity contribution is 9.09. The highest BCUT2D eigenvalue weighted by Gasteiger charge is 2.20. The summed E-state index contributed by atoms with van der Waals surface area (Å²) < 4.78 is 0. The maximum atomic E-state index is 4.08. The molecule has 1 aliphatic rings. The summed E-state index contributed by atoms with van der Waals surface area (Å²) in [6, 6.07) is 0. The Bertz CT molecular complexity index is 129. The van der Waals surface area contributed by atoms with Gasteiger partial charge < -0.3 is 0 Å². The van der Waals surface area contributed by atoms with E-state index in [2.05, 4.69) is 29.4 Å². The van der Waals surface area contributed by atoms with Crippen molar-refractivity contribution in [3.63, 3.8) is 0 Å². The molecular weight excluding hydrogens is 188 g/mol. The minimum atomic E-state index is 0.753. The van der Waals surface area contributed by atoms with Gasteiger partial charge in [-0.25, -0.2) is 0 Å². The van der Waals surface area contributed by atoms with Crippen LogP contribution in [0, 0.1) is 5.92 Å². The normalized spacial score (nSPS) is 34.4. The first-order valence-corrected chi connectivity index (χ1v) is 4.97. The third-order valence-electron chi connectivity index (χ3n) is 2.39. The lowest BCUT2D eigenvalue weighted by molar-refractivity contribution is 0.458. The van der Waals surface area contributed by atoms with Gasteiger partial charge in [0, 0.05) is 4.83 Å². The smallest absolute Gasteiger partial charge is 0.0154 e.